The maximum atomic E-state index is 5.40. The summed E-state index contributed by atoms with van der Waals surface area (Å²) in [4.78, 5) is 0. The minimum absolute atomic E-state index is 0.367. The topological polar surface area (TPSA) is 21.3 Å². The summed E-state index contributed by atoms with van der Waals surface area (Å²) in [5.41, 5.74) is 1.26. The van der Waals surface area contributed by atoms with E-state index in [1.807, 2.05) is 12.1 Å². The second-order valence-electron chi connectivity index (χ2n) is 5.02. The first-order valence-electron chi connectivity index (χ1n) is 6.67. The van der Waals surface area contributed by atoms with E-state index in [4.69, 9.17) is 4.74 Å². The maximum absolute atomic E-state index is 5.40. The molecule has 0 saturated heterocycles. The molecule has 0 heterocycles. The van der Waals surface area contributed by atoms with Crippen molar-refractivity contribution in [2.24, 2.45) is 5.92 Å². The molecule has 2 heteroatoms. The lowest BCUT2D eigenvalue weighted by molar-refractivity contribution is 0.395. The van der Waals surface area contributed by atoms with Crippen LogP contribution in [0, 0.1) is 5.92 Å². The summed E-state index contributed by atoms with van der Waals surface area (Å²) in [6.07, 6.45) is 5.61. The molecular weight excluding hydrogens is 210 g/mol. The molecule has 2 nitrogen and oxygen atoms in total. The zero-order valence-electron chi connectivity index (χ0n) is 10.9. The average Bonchev–Trinajstić information content (AvgIpc) is 2.89. The smallest absolute Gasteiger partial charge is 0.123 e. The van der Waals surface area contributed by atoms with Crippen LogP contribution in [0.25, 0.3) is 0 Å². The van der Waals surface area contributed by atoms with E-state index in [0.717, 1.165) is 18.2 Å². The SMILES string of the molecule is COc1ccccc1[C@H](C)NCC1CCCC1. The lowest BCUT2D eigenvalue weighted by Crippen LogP contribution is -2.24. The zero-order chi connectivity index (χ0) is 12.1. The van der Waals surface area contributed by atoms with E-state index < -0.39 is 0 Å². The summed E-state index contributed by atoms with van der Waals surface area (Å²) in [5.74, 6) is 1.87. The van der Waals surface area contributed by atoms with Crippen LogP contribution < -0.4 is 10.1 Å². The largest absolute Gasteiger partial charge is 0.496 e. The zero-order valence-corrected chi connectivity index (χ0v) is 10.9. The minimum atomic E-state index is 0.367. The monoisotopic (exact) mass is 233 g/mol. The normalized spacial score (nSPS) is 18.2. The van der Waals surface area contributed by atoms with Crippen LogP contribution in [0.15, 0.2) is 24.3 Å². The molecule has 0 spiro atoms. The highest BCUT2D eigenvalue weighted by Crippen LogP contribution is 2.27. The van der Waals surface area contributed by atoms with Gasteiger partial charge in [-0.15, -0.1) is 0 Å². The first-order valence-corrected chi connectivity index (χ1v) is 6.67. The van der Waals surface area contributed by atoms with Gasteiger partial charge in [-0.3, -0.25) is 0 Å². The van der Waals surface area contributed by atoms with Gasteiger partial charge in [-0.2, -0.15) is 0 Å². The summed E-state index contributed by atoms with van der Waals surface area (Å²) >= 11 is 0. The van der Waals surface area contributed by atoms with Crippen molar-refractivity contribution in [3.8, 4) is 5.75 Å². The van der Waals surface area contributed by atoms with Gasteiger partial charge in [0.05, 0.1) is 7.11 Å². The van der Waals surface area contributed by atoms with E-state index >= 15 is 0 Å². The van der Waals surface area contributed by atoms with E-state index in [2.05, 4.69) is 24.4 Å². The Morgan fingerprint density at radius 1 is 1.29 bits per heavy atom. The predicted octanol–water partition coefficient (Wildman–Crippen LogP) is 3.54. The highest BCUT2D eigenvalue weighted by molar-refractivity contribution is 5.35. The van der Waals surface area contributed by atoms with E-state index in [9.17, 15) is 0 Å². The van der Waals surface area contributed by atoms with Gasteiger partial charge in [0.2, 0.25) is 0 Å². The highest BCUT2D eigenvalue weighted by atomic mass is 16.5. The third kappa shape index (κ3) is 3.22. The standard InChI is InChI=1S/C15H23NO/c1-12(16-11-13-7-3-4-8-13)14-9-5-6-10-15(14)17-2/h5-6,9-10,12-13,16H,3-4,7-8,11H2,1-2H3/t12-/m0/s1. The lowest BCUT2D eigenvalue weighted by Gasteiger charge is -2.19. The number of rotatable bonds is 5. The molecule has 0 bridgehead atoms. The van der Waals surface area contributed by atoms with Crippen LogP contribution in [0.1, 0.15) is 44.2 Å². The fourth-order valence-corrected chi connectivity index (χ4v) is 2.69. The molecule has 0 radical (unpaired) electrons. The minimum Gasteiger partial charge on any atom is -0.496 e. The van der Waals surface area contributed by atoms with E-state index in [1.54, 1.807) is 7.11 Å². The third-order valence-corrected chi connectivity index (χ3v) is 3.79. The van der Waals surface area contributed by atoms with Crippen molar-refractivity contribution < 1.29 is 4.74 Å². The first kappa shape index (κ1) is 12.4. The highest BCUT2D eigenvalue weighted by Gasteiger charge is 2.17. The molecule has 0 unspecified atom stereocenters. The molecule has 1 aliphatic carbocycles. The van der Waals surface area contributed by atoms with Gasteiger partial charge in [0.1, 0.15) is 5.75 Å². The van der Waals surface area contributed by atoms with Crippen LogP contribution in [0.2, 0.25) is 0 Å². The van der Waals surface area contributed by atoms with Gasteiger partial charge >= 0.3 is 0 Å². The molecule has 1 aromatic rings. The Morgan fingerprint density at radius 2 is 2.00 bits per heavy atom. The summed E-state index contributed by atoms with van der Waals surface area (Å²) in [7, 11) is 1.74. The van der Waals surface area contributed by atoms with Crippen molar-refractivity contribution in [1.29, 1.82) is 0 Å². The number of ether oxygens (including phenoxy) is 1. The Labute approximate surface area is 104 Å². The van der Waals surface area contributed by atoms with Gasteiger partial charge < -0.3 is 10.1 Å². The van der Waals surface area contributed by atoms with Crippen molar-refractivity contribution in [2.45, 2.75) is 38.6 Å². The molecule has 2 rings (SSSR count). The fraction of sp³-hybridized carbons (Fsp3) is 0.600. The molecule has 1 aliphatic rings. The number of hydrogen-bond donors (Lipinski definition) is 1. The van der Waals surface area contributed by atoms with Gasteiger partial charge in [0.15, 0.2) is 0 Å². The number of benzene rings is 1. The first-order chi connectivity index (χ1) is 8.31. The van der Waals surface area contributed by atoms with Crippen molar-refractivity contribution in [2.75, 3.05) is 13.7 Å². The molecule has 0 aliphatic heterocycles. The molecule has 1 atom stereocenters. The van der Waals surface area contributed by atoms with Gasteiger partial charge in [0.25, 0.3) is 0 Å². The Morgan fingerprint density at radius 3 is 2.71 bits per heavy atom. The molecule has 0 aromatic heterocycles. The van der Waals surface area contributed by atoms with Crippen LogP contribution in [0.5, 0.6) is 5.75 Å². The quantitative estimate of drug-likeness (QED) is 0.840. The summed E-state index contributed by atoms with van der Waals surface area (Å²) < 4.78 is 5.40. The van der Waals surface area contributed by atoms with Crippen LogP contribution in [-0.2, 0) is 0 Å². The second-order valence-corrected chi connectivity index (χ2v) is 5.02. The lowest BCUT2D eigenvalue weighted by atomic mass is 10.0. The molecule has 1 fully saturated rings. The molecule has 1 saturated carbocycles. The van der Waals surface area contributed by atoms with Crippen molar-refractivity contribution in [3.63, 3.8) is 0 Å². The van der Waals surface area contributed by atoms with Crippen molar-refractivity contribution in [1.82, 2.24) is 5.32 Å². The number of nitrogens with one attached hydrogen (secondary N) is 1. The molecule has 0 amide bonds. The van der Waals surface area contributed by atoms with Crippen molar-refractivity contribution in [3.05, 3.63) is 29.8 Å². The van der Waals surface area contributed by atoms with Gasteiger partial charge in [-0.05, 0) is 38.3 Å². The van der Waals surface area contributed by atoms with E-state index in [-0.39, 0.29) is 0 Å². The number of para-hydroxylation sites is 1. The maximum Gasteiger partial charge on any atom is 0.123 e. The molecular formula is C15H23NO. The Kier molecular flexibility index (Phi) is 4.43. The number of hydrogen-bond acceptors (Lipinski definition) is 2. The van der Waals surface area contributed by atoms with Crippen LogP contribution >= 0.6 is 0 Å². The molecule has 17 heavy (non-hydrogen) atoms. The van der Waals surface area contributed by atoms with Crippen LogP contribution in [-0.4, -0.2) is 13.7 Å². The molecule has 1 N–H and O–H groups in total. The van der Waals surface area contributed by atoms with E-state index in [1.165, 1.54) is 31.2 Å². The average molecular weight is 233 g/mol. The van der Waals surface area contributed by atoms with Crippen LogP contribution in [0.4, 0.5) is 0 Å². The number of methoxy groups -OCH3 is 1. The van der Waals surface area contributed by atoms with Crippen molar-refractivity contribution >= 4 is 0 Å². The predicted molar refractivity (Wildman–Crippen MR) is 71.4 cm³/mol. The van der Waals surface area contributed by atoms with Gasteiger partial charge in [-0.25, -0.2) is 0 Å². The Balaban J connectivity index is 1.91. The summed E-state index contributed by atoms with van der Waals surface area (Å²) in [6, 6.07) is 8.64. The Hall–Kier alpha value is -1.02. The third-order valence-electron chi connectivity index (χ3n) is 3.79. The van der Waals surface area contributed by atoms with Crippen LogP contribution in [0.3, 0.4) is 0 Å². The van der Waals surface area contributed by atoms with E-state index in [0.29, 0.717) is 6.04 Å². The van der Waals surface area contributed by atoms with Gasteiger partial charge in [0, 0.05) is 11.6 Å². The molecule has 94 valence electrons. The van der Waals surface area contributed by atoms with Gasteiger partial charge in [-0.1, -0.05) is 31.0 Å². The fourth-order valence-electron chi connectivity index (χ4n) is 2.69. The summed E-state index contributed by atoms with van der Waals surface area (Å²) in [5, 5.41) is 3.64. The summed E-state index contributed by atoms with van der Waals surface area (Å²) in [6.45, 7) is 3.35. The Bertz CT molecular complexity index is 345. The second kappa shape index (κ2) is 6.06. The molecule has 1 aromatic carbocycles.